The maximum absolute atomic E-state index is 11.9. The van der Waals surface area contributed by atoms with Crippen molar-refractivity contribution in [1.29, 1.82) is 0 Å². The molecule has 1 aromatic heterocycles. The minimum Gasteiger partial charge on any atom is -0.381 e. The first-order valence-corrected chi connectivity index (χ1v) is 7.05. The Morgan fingerprint density at radius 2 is 2.50 bits per heavy atom. The van der Waals surface area contributed by atoms with Gasteiger partial charge in [0.2, 0.25) is 0 Å². The van der Waals surface area contributed by atoms with Crippen LogP contribution in [0.25, 0.3) is 0 Å². The number of rotatable bonds is 6. The van der Waals surface area contributed by atoms with E-state index < -0.39 is 0 Å². The zero-order chi connectivity index (χ0) is 12.8. The molecule has 0 unspecified atom stereocenters. The molecule has 0 bridgehead atoms. The highest BCUT2D eigenvalue weighted by Crippen LogP contribution is 2.18. The molecule has 1 aromatic rings. The molecule has 0 spiro atoms. The monoisotopic (exact) mass is 269 g/mol. The lowest BCUT2D eigenvalue weighted by atomic mass is 10.1. The Morgan fingerprint density at radius 1 is 1.61 bits per heavy atom. The Bertz CT molecular complexity index is 385. The largest absolute Gasteiger partial charge is 0.381 e. The molecule has 1 atom stereocenters. The van der Waals surface area contributed by atoms with Gasteiger partial charge in [-0.1, -0.05) is 0 Å². The number of hydrogen-bond acceptors (Lipinski definition) is 4. The quantitative estimate of drug-likeness (QED) is 0.860. The summed E-state index contributed by atoms with van der Waals surface area (Å²) in [5, 5.41) is 2.96. The molecule has 1 saturated heterocycles. The zero-order valence-electron chi connectivity index (χ0n) is 10.6. The molecule has 0 aliphatic carbocycles. The van der Waals surface area contributed by atoms with Crippen molar-refractivity contribution in [3.63, 3.8) is 0 Å². The van der Waals surface area contributed by atoms with Crippen LogP contribution in [-0.2, 0) is 16.1 Å². The first kappa shape index (κ1) is 13.5. The van der Waals surface area contributed by atoms with Gasteiger partial charge in [-0.15, -0.1) is 11.3 Å². The van der Waals surface area contributed by atoms with Gasteiger partial charge in [-0.2, -0.15) is 0 Å². The fourth-order valence-corrected chi connectivity index (χ4v) is 2.90. The molecule has 5 heteroatoms. The Labute approximate surface area is 111 Å². The third-order valence-electron chi connectivity index (χ3n) is 3.03. The van der Waals surface area contributed by atoms with Crippen LogP contribution in [0.1, 0.15) is 27.4 Å². The van der Waals surface area contributed by atoms with E-state index >= 15 is 0 Å². The third kappa shape index (κ3) is 3.80. The van der Waals surface area contributed by atoms with E-state index in [0.717, 1.165) is 42.4 Å². The van der Waals surface area contributed by atoms with E-state index in [1.165, 1.54) is 11.3 Å². The minimum atomic E-state index is 0.0151. The molecule has 0 saturated carbocycles. The van der Waals surface area contributed by atoms with E-state index in [-0.39, 0.29) is 5.91 Å². The highest BCUT2D eigenvalue weighted by Gasteiger charge is 2.16. The van der Waals surface area contributed by atoms with Gasteiger partial charge in [0.15, 0.2) is 0 Å². The fourth-order valence-electron chi connectivity index (χ4n) is 2.01. The molecule has 1 aliphatic heterocycles. The Morgan fingerprint density at radius 3 is 3.22 bits per heavy atom. The first-order chi connectivity index (χ1) is 8.79. The Kier molecular flexibility index (Phi) is 5.16. The topological polar surface area (TPSA) is 47.6 Å². The summed E-state index contributed by atoms with van der Waals surface area (Å²) in [6.45, 7) is 3.00. The number of ether oxygens (including phenoxy) is 2. The molecule has 0 radical (unpaired) electrons. The summed E-state index contributed by atoms with van der Waals surface area (Å²) in [5.74, 6) is 0.624. The fraction of sp³-hybridized carbons (Fsp3) is 0.615. The van der Waals surface area contributed by atoms with E-state index in [9.17, 15) is 4.79 Å². The minimum absolute atomic E-state index is 0.0151. The first-order valence-electron chi connectivity index (χ1n) is 6.23. The van der Waals surface area contributed by atoms with Crippen molar-refractivity contribution in [3.05, 3.63) is 21.9 Å². The second kappa shape index (κ2) is 6.87. The summed E-state index contributed by atoms with van der Waals surface area (Å²) in [5.41, 5.74) is 0. The summed E-state index contributed by atoms with van der Waals surface area (Å²) in [7, 11) is 1.66. The Hall–Kier alpha value is -0.910. The number of carbonyl (C=O) groups is 1. The van der Waals surface area contributed by atoms with Gasteiger partial charge < -0.3 is 14.8 Å². The zero-order valence-corrected chi connectivity index (χ0v) is 11.4. The number of nitrogens with one attached hydrogen (secondary N) is 1. The second-order valence-electron chi connectivity index (χ2n) is 4.47. The molecule has 1 fully saturated rings. The van der Waals surface area contributed by atoms with Crippen LogP contribution in [0.2, 0.25) is 0 Å². The van der Waals surface area contributed by atoms with Crippen LogP contribution in [0.5, 0.6) is 0 Å². The third-order valence-corrected chi connectivity index (χ3v) is 4.09. The van der Waals surface area contributed by atoms with Gasteiger partial charge in [-0.05, 0) is 30.9 Å². The molecule has 2 rings (SSSR count). The molecular formula is C13H19NO3S. The molecule has 1 aliphatic rings. The van der Waals surface area contributed by atoms with E-state index in [0.29, 0.717) is 12.5 Å². The smallest absolute Gasteiger partial charge is 0.261 e. The van der Waals surface area contributed by atoms with Gasteiger partial charge in [-0.25, -0.2) is 0 Å². The van der Waals surface area contributed by atoms with Crippen LogP contribution in [0, 0.1) is 5.92 Å². The van der Waals surface area contributed by atoms with Crippen molar-refractivity contribution in [3.8, 4) is 0 Å². The Balaban J connectivity index is 1.72. The summed E-state index contributed by atoms with van der Waals surface area (Å²) < 4.78 is 10.3. The maximum atomic E-state index is 11.9. The van der Waals surface area contributed by atoms with Gasteiger partial charge in [0.25, 0.3) is 5.91 Å². The van der Waals surface area contributed by atoms with Gasteiger partial charge in [0, 0.05) is 31.7 Å². The molecule has 18 heavy (non-hydrogen) atoms. The summed E-state index contributed by atoms with van der Waals surface area (Å²) >= 11 is 1.49. The SMILES string of the molecule is COCc1ccc(C(=O)NCC[C@@H]2CCOC2)s1. The lowest BCUT2D eigenvalue weighted by Crippen LogP contribution is -2.25. The van der Waals surface area contributed by atoms with Crippen molar-refractivity contribution >= 4 is 17.2 Å². The van der Waals surface area contributed by atoms with Crippen LogP contribution < -0.4 is 5.32 Å². The molecule has 0 aromatic carbocycles. The number of amides is 1. The molecule has 1 N–H and O–H groups in total. The van der Waals surface area contributed by atoms with E-state index in [2.05, 4.69) is 5.32 Å². The summed E-state index contributed by atoms with van der Waals surface area (Å²) in [4.78, 5) is 13.7. The lowest BCUT2D eigenvalue weighted by molar-refractivity contribution is 0.0954. The normalized spacial score (nSPS) is 19.1. The predicted molar refractivity (Wildman–Crippen MR) is 70.9 cm³/mol. The molecule has 4 nitrogen and oxygen atoms in total. The highest BCUT2D eigenvalue weighted by molar-refractivity contribution is 7.14. The average molecular weight is 269 g/mol. The highest BCUT2D eigenvalue weighted by atomic mass is 32.1. The standard InChI is InChI=1S/C13H19NO3S/c1-16-9-11-2-3-12(18-11)13(15)14-6-4-10-5-7-17-8-10/h2-3,10H,4-9H2,1H3,(H,14,15)/t10-/m1/s1. The average Bonchev–Trinajstić information content (AvgIpc) is 3.00. The maximum Gasteiger partial charge on any atom is 0.261 e. The van der Waals surface area contributed by atoms with Crippen LogP contribution >= 0.6 is 11.3 Å². The predicted octanol–water partition coefficient (Wildman–Crippen LogP) is 2.05. The lowest BCUT2D eigenvalue weighted by Gasteiger charge is -2.07. The van der Waals surface area contributed by atoms with Crippen LogP contribution in [0.15, 0.2) is 12.1 Å². The number of carbonyl (C=O) groups excluding carboxylic acids is 1. The summed E-state index contributed by atoms with van der Waals surface area (Å²) in [6, 6.07) is 3.79. The van der Waals surface area contributed by atoms with Crippen molar-refractivity contribution in [2.24, 2.45) is 5.92 Å². The van der Waals surface area contributed by atoms with Crippen LogP contribution in [0.4, 0.5) is 0 Å². The van der Waals surface area contributed by atoms with Gasteiger partial charge >= 0.3 is 0 Å². The van der Waals surface area contributed by atoms with Gasteiger partial charge in [0.05, 0.1) is 11.5 Å². The van der Waals surface area contributed by atoms with E-state index in [4.69, 9.17) is 9.47 Å². The van der Waals surface area contributed by atoms with E-state index in [1.54, 1.807) is 7.11 Å². The number of methoxy groups -OCH3 is 1. The van der Waals surface area contributed by atoms with Crippen molar-refractivity contribution < 1.29 is 14.3 Å². The molecule has 100 valence electrons. The number of thiophene rings is 1. The molecular weight excluding hydrogens is 250 g/mol. The van der Waals surface area contributed by atoms with Gasteiger partial charge in [-0.3, -0.25) is 4.79 Å². The van der Waals surface area contributed by atoms with Crippen molar-refractivity contribution in [2.45, 2.75) is 19.4 Å². The number of hydrogen-bond donors (Lipinski definition) is 1. The molecule has 2 heterocycles. The van der Waals surface area contributed by atoms with Crippen LogP contribution in [-0.4, -0.2) is 32.8 Å². The van der Waals surface area contributed by atoms with Crippen molar-refractivity contribution in [2.75, 3.05) is 26.9 Å². The van der Waals surface area contributed by atoms with Crippen LogP contribution in [0.3, 0.4) is 0 Å². The molecule has 1 amide bonds. The summed E-state index contributed by atoms with van der Waals surface area (Å²) in [6.07, 6.45) is 2.12. The van der Waals surface area contributed by atoms with E-state index in [1.807, 2.05) is 12.1 Å². The second-order valence-corrected chi connectivity index (χ2v) is 5.64. The van der Waals surface area contributed by atoms with Gasteiger partial charge in [0.1, 0.15) is 0 Å². The van der Waals surface area contributed by atoms with Crippen molar-refractivity contribution in [1.82, 2.24) is 5.32 Å².